The summed E-state index contributed by atoms with van der Waals surface area (Å²) in [7, 11) is 0. The van der Waals surface area contributed by atoms with E-state index >= 15 is 0 Å². The van der Waals surface area contributed by atoms with E-state index in [1.54, 1.807) is 13.1 Å². The number of piperidine rings is 1. The van der Waals surface area contributed by atoms with Gasteiger partial charge in [-0.2, -0.15) is 0 Å². The summed E-state index contributed by atoms with van der Waals surface area (Å²) in [4.78, 5) is 17.7. The number of nitrogen functional groups attached to an aromatic ring is 1. The van der Waals surface area contributed by atoms with E-state index in [9.17, 15) is 4.79 Å². The molecule has 1 aliphatic heterocycles. The Labute approximate surface area is 107 Å². The van der Waals surface area contributed by atoms with Gasteiger partial charge in [0, 0.05) is 26.1 Å². The third-order valence-electron chi connectivity index (χ3n) is 3.27. The molecule has 1 amide bonds. The third kappa shape index (κ3) is 2.91. The quantitative estimate of drug-likeness (QED) is 0.821. The third-order valence-corrected chi connectivity index (χ3v) is 3.27. The lowest BCUT2D eigenvalue weighted by molar-refractivity contribution is -0.119. The average Bonchev–Trinajstić information content (AvgIpc) is 2.30. The van der Waals surface area contributed by atoms with Gasteiger partial charge in [0.05, 0.1) is 11.9 Å². The SMILES string of the molecule is CC(=O)NC1CCN(c2ncc(N)cc2C)CC1. The minimum absolute atomic E-state index is 0.0511. The van der Waals surface area contributed by atoms with Crippen LogP contribution in [0.25, 0.3) is 0 Å². The van der Waals surface area contributed by atoms with Crippen LogP contribution in [0.5, 0.6) is 0 Å². The number of aryl methyl sites for hydroxylation is 1. The van der Waals surface area contributed by atoms with E-state index in [0.29, 0.717) is 11.7 Å². The highest BCUT2D eigenvalue weighted by molar-refractivity contribution is 5.73. The van der Waals surface area contributed by atoms with Crippen molar-refractivity contribution in [1.82, 2.24) is 10.3 Å². The Morgan fingerprint density at radius 1 is 1.50 bits per heavy atom. The molecule has 0 spiro atoms. The molecule has 0 radical (unpaired) electrons. The number of nitrogens with zero attached hydrogens (tertiary/aromatic N) is 2. The van der Waals surface area contributed by atoms with E-state index in [0.717, 1.165) is 37.3 Å². The zero-order valence-electron chi connectivity index (χ0n) is 10.9. The van der Waals surface area contributed by atoms with E-state index in [-0.39, 0.29) is 5.91 Å². The molecule has 0 bridgehead atoms. The molecule has 98 valence electrons. The number of aromatic nitrogens is 1. The van der Waals surface area contributed by atoms with Crippen molar-refractivity contribution in [3.05, 3.63) is 17.8 Å². The lowest BCUT2D eigenvalue weighted by Crippen LogP contribution is -2.44. The Morgan fingerprint density at radius 2 is 2.17 bits per heavy atom. The monoisotopic (exact) mass is 248 g/mol. The highest BCUT2D eigenvalue weighted by atomic mass is 16.1. The Balaban J connectivity index is 1.99. The van der Waals surface area contributed by atoms with Gasteiger partial charge in [-0.3, -0.25) is 4.79 Å². The fourth-order valence-corrected chi connectivity index (χ4v) is 2.44. The van der Waals surface area contributed by atoms with E-state index < -0.39 is 0 Å². The number of hydrogen-bond acceptors (Lipinski definition) is 4. The number of pyridine rings is 1. The molecule has 18 heavy (non-hydrogen) atoms. The molecular weight excluding hydrogens is 228 g/mol. The van der Waals surface area contributed by atoms with E-state index in [1.807, 2.05) is 13.0 Å². The van der Waals surface area contributed by atoms with Crippen molar-refractivity contribution >= 4 is 17.4 Å². The maximum atomic E-state index is 11.0. The maximum Gasteiger partial charge on any atom is 0.217 e. The second-order valence-electron chi connectivity index (χ2n) is 4.87. The molecule has 1 aromatic heterocycles. The Morgan fingerprint density at radius 3 is 2.72 bits per heavy atom. The van der Waals surface area contributed by atoms with Crippen molar-refractivity contribution in [3.8, 4) is 0 Å². The summed E-state index contributed by atoms with van der Waals surface area (Å²) in [5, 5.41) is 2.97. The number of nitrogens with two attached hydrogens (primary N) is 1. The molecule has 5 nitrogen and oxygen atoms in total. The lowest BCUT2D eigenvalue weighted by Gasteiger charge is -2.33. The zero-order valence-corrected chi connectivity index (χ0v) is 10.9. The predicted molar refractivity (Wildman–Crippen MR) is 72.4 cm³/mol. The summed E-state index contributed by atoms with van der Waals surface area (Å²) in [6.07, 6.45) is 3.62. The van der Waals surface area contributed by atoms with Crippen LogP contribution in [-0.4, -0.2) is 30.0 Å². The van der Waals surface area contributed by atoms with Gasteiger partial charge in [0.1, 0.15) is 5.82 Å². The van der Waals surface area contributed by atoms with Crippen molar-refractivity contribution in [2.45, 2.75) is 32.7 Å². The molecule has 2 rings (SSSR count). The maximum absolute atomic E-state index is 11.0. The zero-order chi connectivity index (χ0) is 13.1. The summed E-state index contributed by atoms with van der Waals surface area (Å²) in [6.45, 7) is 5.43. The van der Waals surface area contributed by atoms with Gasteiger partial charge < -0.3 is 16.0 Å². The molecule has 1 aliphatic rings. The molecule has 5 heteroatoms. The molecule has 1 fully saturated rings. The largest absolute Gasteiger partial charge is 0.397 e. The number of nitrogens with one attached hydrogen (secondary N) is 1. The second-order valence-corrected chi connectivity index (χ2v) is 4.87. The lowest BCUT2D eigenvalue weighted by atomic mass is 10.0. The van der Waals surface area contributed by atoms with Crippen molar-refractivity contribution in [2.24, 2.45) is 0 Å². The van der Waals surface area contributed by atoms with Crippen LogP contribution in [0.1, 0.15) is 25.3 Å². The van der Waals surface area contributed by atoms with Crippen LogP contribution in [-0.2, 0) is 4.79 Å². The minimum Gasteiger partial charge on any atom is -0.397 e. The number of amides is 1. The van der Waals surface area contributed by atoms with Crippen molar-refractivity contribution in [1.29, 1.82) is 0 Å². The van der Waals surface area contributed by atoms with Crippen LogP contribution in [0, 0.1) is 6.92 Å². The highest BCUT2D eigenvalue weighted by Gasteiger charge is 2.21. The average molecular weight is 248 g/mol. The van der Waals surface area contributed by atoms with Gasteiger partial charge >= 0.3 is 0 Å². The molecular formula is C13H20N4O. The summed E-state index contributed by atoms with van der Waals surface area (Å²) in [5.74, 6) is 1.06. The van der Waals surface area contributed by atoms with Crippen LogP contribution in [0.3, 0.4) is 0 Å². The molecule has 2 heterocycles. The first kappa shape index (κ1) is 12.7. The second kappa shape index (κ2) is 5.25. The summed E-state index contributed by atoms with van der Waals surface area (Å²) in [6, 6.07) is 2.25. The van der Waals surface area contributed by atoms with Gasteiger partial charge in [-0.05, 0) is 31.4 Å². The van der Waals surface area contributed by atoms with Crippen LogP contribution >= 0.6 is 0 Å². The van der Waals surface area contributed by atoms with Crippen LogP contribution in [0.2, 0.25) is 0 Å². The van der Waals surface area contributed by atoms with Crippen molar-refractivity contribution in [2.75, 3.05) is 23.7 Å². The molecule has 0 atom stereocenters. The number of carbonyl (C=O) groups excluding carboxylic acids is 1. The number of hydrogen-bond donors (Lipinski definition) is 2. The molecule has 0 aromatic carbocycles. The molecule has 0 saturated carbocycles. The normalized spacial score (nSPS) is 16.7. The minimum atomic E-state index is 0.0511. The Kier molecular flexibility index (Phi) is 3.69. The molecule has 3 N–H and O–H groups in total. The topological polar surface area (TPSA) is 71.2 Å². The first-order chi connectivity index (χ1) is 8.56. The van der Waals surface area contributed by atoms with E-state index in [4.69, 9.17) is 5.73 Å². The Hall–Kier alpha value is -1.78. The van der Waals surface area contributed by atoms with Crippen LogP contribution in [0.15, 0.2) is 12.3 Å². The first-order valence-corrected chi connectivity index (χ1v) is 6.30. The highest BCUT2D eigenvalue weighted by Crippen LogP contribution is 2.22. The first-order valence-electron chi connectivity index (χ1n) is 6.30. The summed E-state index contributed by atoms with van der Waals surface area (Å²) < 4.78 is 0. The molecule has 0 unspecified atom stereocenters. The van der Waals surface area contributed by atoms with Crippen LogP contribution in [0.4, 0.5) is 11.5 Å². The fraction of sp³-hybridized carbons (Fsp3) is 0.538. The Bertz CT molecular complexity index is 439. The molecule has 1 saturated heterocycles. The van der Waals surface area contributed by atoms with E-state index in [2.05, 4.69) is 15.2 Å². The van der Waals surface area contributed by atoms with Gasteiger partial charge in [0.15, 0.2) is 0 Å². The number of anilines is 2. The van der Waals surface area contributed by atoms with Gasteiger partial charge in [-0.15, -0.1) is 0 Å². The van der Waals surface area contributed by atoms with Crippen molar-refractivity contribution < 1.29 is 4.79 Å². The number of rotatable bonds is 2. The van der Waals surface area contributed by atoms with Crippen molar-refractivity contribution in [3.63, 3.8) is 0 Å². The molecule has 0 aliphatic carbocycles. The standard InChI is InChI=1S/C13H20N4O/c1-9-7-11(14)8-15-13(9)17-5-3-12(4-6-17)16-10(2)18/h7-8,12H,3-6,14H2,1-2H3,(H,16,18). The van der Waals surface area contributed by atoms with Gasteiger partial charge in [0.25, 0.3) is 0 Å². The fourth-order valence-electron chi connectivity index (χ4n) is 2.44. The summed E-state index contributed by atoms with van der Waals surface area (Å²) >= 11 is 0. The summed E-state index contributed by atoms with van der Waals surface area (Å²) in [5.41, 5.74) is 7.51. The van der Waals surface area contributed by atoms with Gasteiger partial charge in [-0.1, -0.05) is 0 Å². The number of carbonyl (C=O) groups is 1. The molecule has 1 aromatic rings. The van der Waals surface area contributed by atoms with Gasteiger partial charge in [-0.25, -0.2) is 4.98 Å². The van der Waals surface area contributed by atoms with Crippen LogP contribution < -0.4 is 16.0 Å². The van der Waals surface area contributed by atoms with Gasteiger partial charge in [0.2, 0.25) is 5.91 Å². The van der Waals surface area contributed by atoms with E-state index in [1.165, 1.54) is 0 Å². The predicted octanol–water partition coefficient (Wildman–Crippen LogP) is 1.08. The smallest absolute Gasteiger partial charge is 0.217 e.